The number of carbonyl (C=O) groups is 1. The highest BCUT2D eigenvalue weighted by Gasteiger charge is 2.31. The third-order valence-electron chi connectivity index (χ3n) is 4.62. The lowest BCUT2D eigenvalue weighted by atomic mass is 9.93. The van der Waals surface area contributed by atoms with Gasteiger partial charge in [-0.2, -0.15) is 0 Å². The van der Waals surface area contributed by atoms with Crippen LogP contribution in [0.1, 0.15) is 65.2 Å². The highest BCUT2D eigenvalue weighted by Crippen LogP contribution is 2.22. The van der Waals surface area contributed by atoms with Gasteiger partial charge in [0, 0.05) is 6.04 Å². The van der Waals surface area contributed by atoms with Crippen LogP contribution < -0.4 is 5.32 Å². The number of nitrogens with zero attached hydrogens (tertiary/aromatic N) is 1. The van der Waals surface area contributed by atoms with Crippen LogP contribution >= 0.6 is 0 Å². The molecule has 2 N–H and O–H groups in total. The number of carboxylic acid groups (broad SMARTS) is 1. The SMILES string of the molecule is CCCNC(C)(CCCN(C)C1CCCCC1)C(=O)O. The fourth-order valence-electron chi connectivity index (χ4n) is 3.06. The molecule has 0 heterocycles. The predicted molar refractivity (Wildman–Crippen MR) is 83.1 cm³/mol. The smallest absolute Gasteiger partial charge is 0.323 e. The highest BCUT2D eigenvalue weighted by atomic mass is 16.4. The van der Waals surface area contributed by atoms with Crippen molar-refractivity contribution in [3.05, 3.63) is 0 Å². The molecule has 1 aliphatic carbocycles. The molecule has 0 spiro atoms. The molecule has 0 amide bonds. The first-order valence-corrected chi connectivity index (χ1v) is 8.18. The fraction of sp³-hybridized carbons (Fsp3) is 0.938. The number of aliphatic carboxylic acids is 1. The molecule has 0 bridgehead atoms. The first-order chi connectivity index (χ1) is 9.49. The lowest BCUT2D eigenvalue weighted by Gasteiger charge is -2.32. The van der Waals surface area contributed by atoms with Crippen LogP contribution in [-0.4, -0.2) is 47.7 Å². The van der Waals surface area contributed by atoms with E-state index in [4.69, 9.17) is 0 Å². The molecule has 1 atom stereocenters. The second-order valence-electron chi connectivity index (χ2n) is 6.44. The maximum Gasteiger partial charge on any atom is 0.323 e. The molecule has 0 aromatic heterocycles. The molecule has 4 nitrogen and oxygen atoms in total. The van der Waals surface area contributed by atoms with Crippen LogP contribution in [0, 0.1) is 0 Å². The summed E-state index contributed by atoms with van der Waals surface area (Å²) in [6.07, 6.45) is 9.28. The van der Waals surface area contributed by atoms with E-state index in [0.717, 1.165) is 25.9 Å². The maximum absolute atomic E-state index is 11.4. The summed E-state index contributed by atoms with van der Waals surface area (Å²) in [4.78, 5) is 13.9. The molecular formula is C16H32N2O2. The van der Waals surface area contributed by atoms with Crippen LogP contribution in [0.2, 0.25) is 0 Å². The van der Waals surface area contributed by atoms with Crippen molar-refractivity contribution in [2.75, 3.05) is 20.1 Å². The Morgan fingerprint density at radius 1 is 1.35 bits per heavy atom. The monoisotopic (exact) mass is 284 g/mol. The maximum atomic E-state index is 11.4. The molecule has 20 heavy (non-hydrogen) atoms. The van der Waals surface area contributed by atoms with E-state index in [1.807, 2.05) is 6.92 Å². The zero-order chi connectivity index (χ0) is 15.0. The Morgan fingerprint density at radius 2 is 2.00 bits per heavy atom. The standard InChI is InChI=1S/C16H32N2O2/c1-4-12-17-16(2,15(19)20)11-8-13-18(3)14-9-6-5-7-10-14/h14,17H,4-13H2,1-3H3,(H,19,20). The van der Waals surface area contributed by atoms with Gasteiger partial charge in [0.2, 0.25) is 0 Å². The van der Waals surface area contributed by atoms with Gasteiger partial charge in [-0.3, -0.25) is 4.79 Å². The normalized spacial score (nSPS) is 20.0. The number of hydrogen-bond acceptors (Lipinski definition) is 3. The minimum absolute atomic E-state index is 0.694. The van der Waals surface area contributed by atoms with Crippen LogP contribution in [0.15, 0.2) is 0 Å². The number of hydrogen-bond donors (Lipinski definition) is 2. The third-order valence-corrected chi connectivity index (χ3v) is 4.62. The van der Waals surface area contributed by atoms with Crippen LogP contribution in [-0.2, 0) is 4.79 Å². The van der Waals surface area contributed by atoms with Crippen molar-refractivity contribution in [1.29, 1.82) is 0 Å². The summed E-state index contributed by atoms with van der Waals surface area (Å²) in [6.45, 7) is 5.64. The van der Waals surface area contributed by atoms with Crippen molar-refractivity contribution in [1.82, 2.24) is 10.2 Å². The molecule has 1 fully saturated rings. The molecule has 118 valence electrons. The summed E-state index contributed by atoms with van der Waals surface area (Å²) in [5, 5.41) is 12.6. The average Bonchev–Trinajstić information content (AvgIpc) is 2.45. The largest absolute Gasteiger partial charge is 0.480 e. The van der Waals surface area contributed by atoms with E-state index in [0.29, 0.717) is 12.5 Å². The van der Waals surface area contributed by atoms with E-state index in [9.17, 15) is 9.90 Å². The second-order valence-corrected chi connectivity index (χ2v) is 6.44. The van der Waals surface area contributed by atoms with Gasteiger partial charge in [-0.25, -0.2) is 0 Å². The summed E-state index contributed by atoms with van der Waals surface area (Å²) in [6, 6.07) is 0.712. The Bertz CT molecular complexity index is 290. The molecule has 0 radical (unpaired) electrons. The van der Waals surface area contributed by atoms with E-state index < -0.39 is 11.5 Å². The van der Waals surface area contributed by atoms with Crippen molar-refractivity contribution >= 4 is 5.97 Å². The summed E-state index contributed by atoms with van der Waals surface area (Å²) in [5.41, 5.74) is -0.774. The van der Waals surface area contributed by atoms with Gasteiger partial charge in [0.1, 0.15) is 5.54 Å². The molecule has 0 saturated heterocycles. The minimum Gasteiger partial charge on any atom is -0.480 e. The first kappa shape index (κ1) is 17.4. The van der Waals surface area contributed by atoms with Crippen LogP contribution in [0.5, 0.6) is 0 Å². The summed E-state index contributed by atoms with van der Waals surface area (Å²) < 4.78 is 0. The van der Waals surface area contributed by atoms with Gasteiger partial charge in [-0.15, -0.1) is 0 Å². The zero-order valence-corrected chi connectivity index (χ0v) is 13.5. The summed E-state index contributed by atoms with van der Waals surface area (Å²) in [5.74, 6) is -0.730. The first-order valence-electron chi connectivity index (χ1n) is 8.18. The fourth-order valence-corrected chi connectivity index (χ4v) is 3.06. The lowest BCUT2D eigenvalue weighted by molar-refractivity contribution is -0.144. The van der Waals surface area contributed by atoms with Crippen LogP contribution in [0.25, 0.3) is 0 Å². The third kappa shape index (κ3) is 5.41. The summed E-state index contributed by atoms with van der Waals surface area (Å²) >= 11 is 0. The average molecular weight is 284 g/mol. The van der Waals surface area contributed by atoms with Gasteiger partial charge < -0.3 is 15.3 Å². The van der Waals surface area contributed by atoms with E-state index in [2.05, 4.69) is 24.2 Å². The van der Waals surface area contributed by atoms with Crippen LogP contribution in [0.3, 0.4) is 0 Å². The molecule has 0 aromatic rings. The van der Waals surface area contributed by atoms with Gasteiger partial charge in [0.05, 0.1) is 0 Å². The van der Waals surface area contributed by atoms with Gasteiger partial charge in [0.25, 0.3) is 0 Å². The zero-order valence-electron chi connectivity index (χ0n) is 13.5. The molecule has 1 saturated carbocycles. The van der Waals surface area contributed by atoms with Crippen molar-refractivity contribution in [3.8, 4) is 0 Å². The number of nitrogens with one attached hydrogen (secondary N) is 1. The highest BCUT2D eigenvalue weighted by molar-refractivity contribution is 5.78. The quantitative estimate of drug-likeness (QED) is 0.683. The molecule has 0 aliphatic heterocycles. The Balaban J connectivity index is 2.33. The Labute approximate surface area is 123 Å². The van der Waals surface area contributed by atoms with Crippen molar-refractivity contribution in [2.45, 2.75) is 76.8 Å². The van der Waals surface area contributed by atoms with Gasteiger partial charge >= 0.3 is 5.97 Å². The van der Waals surface area contributed by atoms with Crippen molar-refractivity contribution in [2.24, 2.45) is 0 Å². The Morgan fingerprint density at radius 3 is 2.55 bits per heavy atom. The van der Waals surface area contributed by atoms with E-state index in [1.165, 1.54) is 32.1 Å². The molecule has 1 unspecified atom stereocenters. The lowest BCUT2D eigenvalue weighted by Crippen LogP contribution is -2.50. The van der Waals surface area contributed by atoms with Crippen LogP contribution in [0.4, 0.5) is 0 Å². The molecule has 4 heteroatoms. The number of rotatable bonds is 9. The van der Waals surface area contributed by atoms with Gasteiger partial charge in [0.15, 0.2) is 0 Å². The van der Waals surface area contributed by atoms with Crippen molar-refractivity contribution < 1.29 is 9.90 Å². The topological polar surface area (TPSA) is 52.6 Å². The number of carboxylic acids is 1. The van der Waals surface area contributed by atoms with E-state index in [1.54, 1.807) is 0 Å². The van der Waals surface area contributed by atoms with Crippen molar-refractivity contribution in [3.63, 3.8) is 0 Å². The molecule has 1 rings (SSSR count). The molecule has 1 aliphatic rings. The molecule has 0 aromatic carbocycles. The molecular weight excluding hydrogens is 252 g/mol. The second kappa shape index (κ2) is 8.63. The Kier molecular flexibility index (Phi) is 7.52. The summed E-state index contributed by atoms with van der Waals surface area (Å²) in [7, 11) is 2.19. The van der Waals surface area contributed by atoms with E-state index in [-0.39, 0.29) is 0 Å². The van der Waals surface area contributed by atoms with Gasteiger partial charge in [-0.1, -0.05) is 26.2 Å². The van der Waals surface area contributed by atoms with E-state index >= 15 is 0 Å². The predicted octanol–water partition coefficient (Wildman–Crippen LogP) is 2.87. The Hall–Kier alpha value is -0.610. The minimum atomic E-state index is -0.774. The van der Waals surface area contributed by atoms with Gasteiger partial charge in [-0.05, 0) is 59.2 Å².